The van der Waals surface area contributed by atoms with Crippen molar-refractivity contribution in [2.75, 3.05) is 10.6 Å². The molecule has 2 aliphatic carbocycles. The van der Waals surface area contributed by atoms with E-state index in [1.165, 1.54) is 17.5 Å². The average molecular weight is 283 g/mol. The number of pyridine rings is 1. The molecule has 108 valence electrons. The van der Waals surface area contributed by atoms with Gasteiger partial charge >= 0.3 is 6.03 Å². The summed E-state index contributed by atoms with van der Waals surface area (Å²) >= 11 is 0. The van der Waals surface area contributed by atoms with Gasteiger partial charge in [-0.2, -0.15) is 5.10 Å². The number of hydrogen-bond donors (Lipinski definition) is 3. The van der Waals surface area contributed by atoms with Gasteiger partial charge in [-0.3, -0.25) is 10.4 Å². The summed E-state index contributed by atoms with van der Waals surface area (Å²) in [7, 11) is 0. The van der Waals surface area contributed by atoms with Gasteiger partial charge in [0.15, 0.2) is 0 Å². The topological polar surface area (TPSA) is 82.7 Å². The molecule has 2 aliphatic rings. The summed E-state index contributed by atoms with van der Waals surface area (Å²) in [4.78, 5) is 16.4. The molecule has 2 aromatic rings. The zero-order valence-corrected chi connectivity index (χ0v) is 11.6. The predicted octanol–water partition coefficient (Wildman–Crippen LogP) is 2.81. The first-order valence-electron chi connectivity index (χ1n) is 7.38. The largest absolute Gasteiger partial charge is 0.324 e. The van der Waals surface area contributed by atoms with E-state index in [1.807, 2.05) is 12.3 Å². The summed E-state index contributed by atoms with van der Waals surface area (Å²) in [6.45, 7) is 0. The minimum absolute atomic E-state index is 0.274. The Balaban J connectivity index is 1.44. The van der Waals surface area contributed by atoms with Gasteiger partial charge in [-0.15, -0.1) is 0 Å². The maximum absolute atomic E-state index is 12.1. The third-order valence-corrected chi connectivity index (χ3v) is 4.12. The minimum atomic E-state index is -0.274. The van der Waals surface area contributed by atoms with Crippen LogP contribution in [-0.4, -0.2) is 21.2 Å². The van der Waals surface area contributed by atoms with Crippen LogP contribution in [0.1, 0.15) is 42.0 Å². The van der Waals surface area contributed by atoms with Crippen molar-refractivity contribution in [2.24, 2.45) is 0 Å². The van der Waals surface area contributed by atoms with Crippen molar-refractivity contribution in [1.82, 2.24) is 15.2 Å². The number of fused-ring (bicyclic) bond motifs is 1. The molecule has 6 nitrogen and oxygen atoms in total. The summed E-state index contributed by atoms with van der Waals surface area (Å²) < 4.78 is 0. The molecule has 0 aromatic carbocycles. The lowest BCUT2D eigenvalue weighted by atomic mass is 10.2. The first-order valence-corrected chi connectivity index (χ1v) is 7.38. The standard InChI is InChI=1S/C15H17N5O/c21-15(18-12-8-17-20-14(12)9-4-5-9)19-13-6-10-2-1-3-11(10)7-16-13/h6-9H,1-5H2,(H,17,20)(H2,16,18,19,21). The lowest BCUT2D eigenvalue weighted by Crippen LogP contribution is -2.20. The molecule has 4 rings (SSSR count). The number of urea groups is 1. The van der Waals surface area contributed by atoms with Crippen molar-refractivity contribution in [3.8, 4) is 0 Å². The molecule has 2 aromatic heterocycles. The smallest absolute Gasteiger partial charge is 0.305 e. The van der Waals surface area contributed by atoms with Gasteiger partial charge in [-0.05, 0) is 49.3 Å². The van der Waals surface area contributed by atoms with E-state index < -0.39 is 0 Å². The fourth-order valence-corrected chi connectivity index (χ4v) is 2.87. The van der Waals surface area contributed by atoms with Crippen molar-refractivity contribution < 1.29 is 4.79 Å². The highest BCUT2D eigenvalue weighted by atomic mass is 16.2. The number of anilines is 2. The SMILES string of the molecule is O=C(Nc1cc2c(cn1)CCC2)Nc1cn[nH]c1C1CC1. The molecular weight excluding hydrogens is 266 g/mol. The van der Waals surface area contributed by atoms with Gasteiger partial charge in [0.2, 0.25) is 0 Å². The van der Waals surface area contributed by atoms with Crippen LogP contribution in [0.4, 0.5) is 16.3 Å². The van der Waals surface area contributed by atoms with Gasteiger partial charge in [0.05, 0.1) is 17.6 Å². The van der Waals surface area contributed by atoms with Gasteiger partial charge in [0, 0.05) is 12.1 Å². The van der Waals surface area contributed by atoms with Crippen LogP contribution in [0.15, 0.2) is 18.5 Å². The monoisotopic (exact) mass is 283 g/mol. The third kappa shape index (κ3) is 2.49. The molecule has 2 amide bonds. The number of rotatable bonds is 3. The second-order valence-corrected chi connectivity index (χ2v) is 5.74. The Labute approximate surface area is 122 Å². The van der Waals surface area contributed by atoms with Gasteiger partial charge in [0.25, 0.3) is 0 Å². The van der Waals surface area contributed by atoms with Crippen molar-refractivity contribution in [1.29, 1.82) is 0 Å². The number of H-pyrrole nitrogens is 1. The summed E-state index contributed by atoms with van der Waals surface area (Å²) in [6, 6.07) is 1.70. The summed E-state index contributed by atoms with van der Waals surface area (Å²) in [5.41, 5.74) is 4.37. The molecule has 0 saturated heterocycles. The lowest BCUT2D eigenvalue weighted by molar-refractivity contribution is 0.262. The third-order valence-electron chi connectivity index (χ3n) is 4.12. The number of aryl methyl sites for hydroxylation is 2. The normalized spacial score (nSPS) is 16.6. The number of amides is 2. The molecular formula is C15H17N5O. The van der Waals surface area contributed by atoms with E-state index in [0.29, 0.717) is 11.7 Å². The van der Waals surface area contributed by atoms with Crippen LogP contribution in [0.5, 0.6) is 0 Å². The van der Waals surface area contributed by atoms with Crippen LogP contribution in [-0.2, 0) is 12.8 Å². The van der Waals surface area contributed by atoms with Crippen LogP contribution < -0.4 is 10.6 Å². The molecule has 21 heavy (non-hydrogen) atoms. The van der Waals surface area contributed by atoms with Crippen LogP contribution in [0.3, 0.4) is 0 Å². The summed E-state index contributed by atoms with van der Waals surface area (Å²) in [6.07, 6.45) is 9.17. The maximum Gasteiger partial charge on any atom is 0.324 e. The Morgan fingerprint density at radius 3 is 2.90 bits per heavy atom. The Hall–Kier alpha value is -2.37. The first kappa shape index (κ1) is 12.4. The summed E-state index contributed by atoms with van der Waals surface area (Å²) in [5.74, 6) is 1.12. The van der Waals surface area contributed by atoms with Crippen molar-refractivity contribution >= 4 is 17.5 Å². The predicted molar refractivity (Wildman–Crippen MR) is 79.5 cm³/mol. The highest BCUT2D eigenvalue weighted by molar-refractivity contribution is 5.99. The van der Waals surface area contributed by atoms with Gasteiger partial charge < -0.3 is 5.32 Å². The van der Waals surface area contributed by atoms with E-state index in [4.69, 9.17) is 0 Å². The first-order chi connectivity index (χ1) is 10.3. The number of aromatic nitrogens is 3. The highest BCUT2D eigenvalue weighted by Gasteiger charge is 2.28. The van der Waals surface area contributed by atoms with Crippen LogP contribution in [0.25, 0.3) is 0 Å². The second-order valence-electron chi connectivity index (χ2n) is 5.74. The Morgan fingerprint density at radius 2 is 2.05 bits per heavy atom. The van der Waals surface area contributed by atoms with Gasteiger partial charge in [-0.25, -0.2) is 9.78 Å². The van der Waals surface area contributed by atoms with E-state index in [-0.39, 0.29) is 6.03 Å². The number of aromatic amines is 1. The lowest BCUT2D eigenvalue weighted by Gasteiger charge is -2.08. The van der Waals surface area contributed by atoms with Crippen molar-refractivity contribution in [3.63, 3.8) is 0 Å². The molecule has 0 radical (unpaired) electrons. The molecule has 6 heteroatoms. The molecule has 2 heterocycles. The summed E-state index contributed by atoms with van der Waals surface area (Å²) in [5, 5.41) is 12.6. The van der Waals surface area contributed by atoms with Crippen molar-refractivity contribution in [3.05, 3.63) is 35.3 Å². The molecule has 0 unspecified atom stereocenters. The number of carbonyl (C=O) groups excluding carboxylic acids is 1. The maximum atomic E-state index is 12.1. The average Bonchev–Trinajstić information content (AvgIpc) is 3.03. The number of nitrogens with zero attached hydrogens (tertiary/aromatic N) is 2. The molecule has 0 aliphatic heterocycles. The van der Waals surface area contributed by atoms with Gasteiger partial charge in [0.1, 0.15) is 5.82 Å². The second kappa shape index (κ2) is 4.87. The van der Waals surface area contributed by atoms with Crippen LogP contribution >= 0.6 is 0 Å². The Bertz CT molecular complexity index is 689. The van der Waals surface area contributed by atoms with E-state index in [0.717, 1.165) is 37.1 Å². The Morgan fingerprint density at radius 1 is 1.19 bits per heavy atom. The van der Waals surface area contributed by atoms with Crippen LogP contribution in [0.2, 0.25) is 0 Å². The zero-order valence-electron chi connectivity index (χ0n) is 11.6. The van der Waals surface area contributed by atoms with E-state index in [1.54, 1.807) is 6.20 Å². The number of carbonyl (C=O) groups is 1. The van der Waals surface area contributed by atoms with Gasteiger partial charge in [-0.1, -0.05) is 0 Å². The molecule has 1 fully saturated rings. The zero-order chi connectivity index (χ0) is 14.2. The molecule has 0 bridgehead atoms. The van der Waals surface area contributed by atoms with E-state index in [9.17, 15) is 4.79 Å². The highest BCUT2D eigenvalue weighted by Crippen LogP contribution is 2.42. The molecule has 0 spiro atoms. The molecule has 1 saturated carbocycles. The fraction of sp³-hybridized carbons (Fsp3) is 0.400. The van der Waals surface area contributed by atoms with E-state index >= 15 is 0 Å². The molecule has 0 atom stereocenters. The quantitative estimate of drug-likeness (QED) is 0.810. The van der Waals surface area contributed by atoms with Crippen LogP contribution in [0, 0.1) is 0 Å². The molecule has 3 N–H and O–H groups in total. The minimum Gasteiger partial charge on any atom is -0.305 e. The Kier molecular flexibility index (Phi) is 2.87. The number of nitrogens with one attached hydrogen (secondary N) is 3. The number of hydrogen-bond acceptors (Lipinski definition) is 3. The fourth-order valence-electron chi connectivity index (χ4n) is 2.87. The van der Waals surface area contributed by atoms with Crippen molar-refractivity contribution in [2.45, 2.75) is 38.0 Å². The van der Waals surface area contributed by atoms with E-state index in [2.05, 4.69) is 25.8 Å².